The quantitative estimate of drug-likeness (QED) is 0.855. The fraction of sp³-hybridized carbons (Fsp3) is 0.158. The summed E-state index contributed by atoms with van der Waals surface area (Å²) in [7, 11) is -0.487. The minimum Gasteiger partial charge on any atom is -0.324 e. The van der Waals surface area contributed by atoms with Crippen molar-refractivity contribution in [2.45, 2.75) is 19.4 Å². The van der Waals surface area contributed by atoms with Crippen LogP contribution in [0.5, 0.6) is 0 Å². The Morgan fingerprint density at radius 1 is 0.905 bits per heavy atom. The van der Waals surface area contributed by atoms with E-state index in [9.17, 15) is 0 Å². The molecule has 0 saturated carbocycles. The topological polar surface area (TPSA) is 26.0 Å². The van der Waals surface area contributed by atoms with Gasteiger partial charge in [-0.15, -0.1) is 0 Å². The van der Waals surface area contributed by atoms with Gasteiger partial charge in [-0.25, -0.2) is 0 Å². The van der Waals surface area contributed by atoms with Crippen LogP contribution in [0.25, 0.3) is 0 Å². The average Bonchev–Trinajstić information content (AvgIpc) is 2.99. The largest absolute Gasteiger partial charge is 0.324 e. The maximum atomic E-state index is 6.18. The van der Waals surface area contributed by atoms with Gasteiger partial charge in [-0.1, -0.05) is 72.8 Å². The molecule has 3 rings (SSSR count). The number of nitrogens with two attached hydrogens (primary N) is 1. The van der Waals surface area contributed by atoms with Gasteiger partial charge in [-0.3, -0.25) is 0 Å². The number of rotatable bonds is 4. The van der Waals surface area contributed by atoms with E-state index in [1.54, 1.807) is 0 Å². The second-order valence-electron chi connectivity index (χ2n) is 5.30. The van der Waals surface area contributed by atoms with Crippen LogP contribution >= 0.6 is 7.92 Å². The zero-order valence-electron chi connectivity index (χ0n) is 12.2. The zero-order valence-corrected chi connectivity index (χ0v) is 13.1. The van der Waals surface area contributed by atoms with Crippen molar-refractivity contribution in [1.29, 1.82) is 0 Å². The molecule has 2 heteroatoms. The molecule has 0 spiro atoms. The van der Waals surface area contributed by atoms with E-state index in [1.165, 1.54) is 21.5 Å². The van der Waals surface area contributed by atoms with Gasteiger partial charge in [0.05, 0.1) is 0 Å². The first-order chi connectivity index (χ1) is 10.3. The molecule has 0 aromatic heterocycles. The number of allylic oxidation sites excluding steroid dienone is 2. The fourth-order valence-corrected chi connectivity index (χ4v) is 5.45. The molecular formula is C19H20NP. The van der Waals surface area contributed by atoms with E-state index < -0.39 is 7.92 Å². The predicted molar refractivity (Wildman–Crippen MR) is 93.5 cm³/mol. The third-order valence-electron chi connectivity index (χ3n) is 3.73. The number of hydrogen-bond acceptors (Lipinski definition) is 1. The van der Waals surface area contributed by atoms with E-state index in [2.05, 4.69) is 79.7 Å². The maximum Gasteiger partial charge on any atom is 0.0269 e. The van der Waals surface area contributed by atoms with E-state index in [0.29, 0.717) is 0 Å². The molecule has 0 fully saturated rings. The van der Waals surface area contributed by atoms with E-state index in [4.69, 9.17) is 5.73 Å². The Hall–Kier alpha value is -1.69. The van der Waals surface area contributed by atoms with Crippen LogP contribution < -0.4 is 16.3 Å². The molecule has 1 atom stereocenters. The minimum absolute atomic E-state index is 0.0937. The van der Waals surface area contributed by atoms with Gasteiger partial charge < -0.3 is 5.73 Å². The summed E-state index contributed by atoms with van der Waals surface area (Å²) in [4.78, 5) is 0. The SMILES string of the molecule is C[C@H](N)C1=C(P(c2ccccc2)c2ccccc2)CC=C1. The van der Waals surface area contributed by atoms with Crippen molar-refractivity contribution in [3.63, 3.8) is 0 Å². The van der Waals surface area contributed by atoms with Crippen LogP contribution in [0.15, 0.2) is 83.7 Å². The highest BCUT2D eigenvalue weighted by molar-refractivity contribution is 7.76. The van der Waals surface area contributed by atoms with E-state index >= 15 is 0 Å². The molecule has 0 heterocycles. The molecule has 106 valence electrons. The summed E-state index contributed by atoms with van der Waals surface area (Å²) in [6, 6.07) is 21.7. The van der Waals surface area contributed by atoms with Crippen molar-refractivity contribution >= 4 is 18.5 Å². The molecule has 0 unspecified atom stereocenters. The van der Waals surface area contributed by atoms with Gasteiger partial charge in [0.1, 0.15) is 0 Å². The third kappa shape index (κ3) is 3.00. The Kier molecular flexibility index (Phi) is 4.34. The molecular weight excluding hydrogens is 273 g/mol. The summed E-state index contributed by atoms with van der Waals surface area (Å²) in [5.74, 6) is 0. The van der Waals surface area contributed by atoms with Crippen molar-refractivity contribution in [1.82, 2.24) is 0 Å². The zero-order chi connectivity index (χ0) is 14.7. The van der Waals surface area contributed by atoms with Crippen LogP contribution in [0.4, 0.5) is 0 Å². The molecule has 1 aliphatic rings. The van der Waals surface area contributed by atoms with E-state index in [0.717, 1.165) is 6.42 Å². The Morgan fingerprint density at radius 2 is 1.43 bits per heavy atom. The summed E-state index contributed by atoms with van der Waals surface area (Å²) in [6.45, 7) is 2.08. The second-order valence-corrected chi connectivity index (χ2v) is 7.55. The molecule has 2 aromatic rings. The lowest BCUT2D eigenvalue weighted by Gasteiger charge is -2.23. The highest BCUT2D eigenvalue weighted by Crippen LogP contribution is 2.49. The summed E-state index contributed by atoms with van der Waals surface area (Å²) in [5, 5.41) is 4.29. The molecule has 2 aromatic carbocycles. The van der Waals surface area contributed by atoms with Gasteiger partial charge in [0.15, 0.2) is 0 Å². The van der Waals surface area contributed by atoms with Gasteiger partial charge in [0.25, 0.3) is 0 Å². The average molecular weight is 293 g/mol. The Balaban J connectivity index is 2.12. The van der Waals surface area contributed by atoms with Gasteiger partial charge in [0.2, 0.25) is 0 Å². The van der Waals surface area contributed by atoms with Crippen molar-refractivity contribution in [2.75, 3.05) is 0 Å². The van der Waals surface area contributed by atoms with Crippen LogP contribution in [-0.2, 0) is 0 Å². The first kappa shape index (κ1) is 14.3. The Bertz CT molecular complexity index is 617. The van der Waals surface area contributed by atoms with Crippen LogP contribution in [0.2, 0.25) is 0 Å². The fourth-order valence-electron chi connectivity index (χ4n) is 2.76. The van der Waals surface area contributed by atoms with Crippen molar-refractivity contribution in [2.24, 2.45) is 5.73 Å². The minimum atomic E-state index is -0.487. The molecule has 1 aliphatic carbocycles. The molecule has 0 radical (unpaired) electrons. The smallest absolute Gasteiger partial charge is 0.0269 e. The highest BCUT2D eigenvalue weighted by Gasteiger charge is 2.23. The summed E-state index contributed by atoms with van der Waals surface area (Å²) >= 11 is 0. The monoisotopic (exact) mass is 293 g/mol. The van der Waals surface area contributed by atoms with Crippen molar-refractivity contribution < 1.29 is 0 Å². The Morgan fingerprint density at radius 3 is 1.90 bits per heavy atom. The molecule has 0 bridgehead atoms. The number of benzene rings is 2. The first-order valence-corrected chi connectivity index (χ1v) is 8.67. The lowest BCUT2D eigenvalue weighted by Crippen LogP contribution is -2.20. The Labute approximate surface area is 127 Å². The molecule has 21 heavy (non-hydrogen) atoms. The van der Waals surface area contributed by atoms with Gasteiger partial charge in [-0.2, -0.15) is 0 Å². The van der Waals surface area contributed by atoms with E-state index in [1.807, 2.05) is 0 Å². The predicted octanol–water partition coefficient (Wildman–Crippen LogP) is 3.68. The van der Waals surface area contributed by atoms with Crippen LogP contribution in [0.1, 0.15) is 13.3 Å². The first-order valence-electron chi connectivity index (χ1n) is 7.33. The van der Waals surface area contributed by atoms with Crippen LogP contribution in [-0.4, -0.2) is 6.04 Å². The summed E-state index contributed by atoms with van der Waals surface area (Å²) < 4.78 is 0. The summed E-state index contributed by atoms with van der Waals surface area (Å²) in [5.41, 5.74) is 7.50. The van der Waals surface area contributed by atoms with Crippen LogP contribution in [0, 0.1) is 0 Å². The molecule has 0 saturated heterocycles. The van der Waals surface area contributed by atoms with Gasteiger partial charge >= 0.3 is 0 Å². The third-order valence-corrected chi connectivity index (χ3v) is 6.34. The normalized spacial score (nSPS) is 15.8. The summed E-state index contributed by atoms with van der Waals surface area (Å²) in [6.07, 6.45) is 5.48. The van der Waals surface area contributed by atoms with Crippen molar-refractivity contribution in [3.05, 3.63) is 83.7 Å². The van der Waals surface area contributed by atoms with E-state index in [-0.39, 0.29) is 6.04 Å². The lowest BCUT2D eigenvalue weighted by molar-refractivity contribution is 0.884. The maximum absolute atomic E-state index is 6.18. The second kappa shape index (κ2) is 6.39. The number of hydrogen-bond donors (Lipinski definition) is 1. The van der Waals surface area contributed by atoms with Gasteiger partial charge in [-0.05, 0) is 42.8 Å². The highest BCUT2D eigenvalue weighted by atomic mass is 31.1. The standard InChI is InChI=1S/C19H20NP/c1-15(20)18-13-8-14-19(18)21(16-9-4-2-5-10-16)17-11-6-3-7-12-17/h2-13,15H,14,20H2,1H3/t15-/m0/s1. The molecule has 0 amide bonds. The molecule has 1 nitrogen and oxygen atoms in total. The molecule has 0 aliphatic heterocycles. The van der Waals surface area contributed by atoms with Crippen LogP contribution in [0.3, 0.4) is 0 Å². The van der Waals surface area contributed by atoms with Crippen molar-refractivity contribution in [3.8, 4) is 0 Å². The van der Waals surface area contributed by atoms with Gasteiger partial charge in [0, 0.05) is 6.04 Å². The lowest BCUT2D eigenvalue weighted by atomic mass is 10.1. The molecule has 2 N–H and O–H groups in total.